The number of rotatable bonds is 1. The molecule has 0 N–H and O–H groups in total. The average molecular weight is 252 g/mol. The van der Waals surface area contributed by atoms with Gasteiger partial charge in [-0.1, -0.05) is 38.5 Å². The van der Waals surface area contributed by atoms with Crippen molar-refractivity contribution in [2.24, 2.45) is 0 Å². The maximum Gasteiger partial charge on any atom is 0.137 e. The van der Waals surface area contributed by atoms with E-state index >= 15 is 0 Å². The van der Waals surface area contributed by atoms with E-state index in [4.69, 9.17) is 46.4 Å². The Morgan fingerprint density at radius 3 is 0.750 bits per heavy atom. The molecule has 0 saturated heterocycles. The van der Waals surface area contributed by atoms with Crippen molar-refractivity contribution in [3.63, 3.8) is 0 Å². The highest BCUT2D eigenvalue weighted by atomic mass is 35.5. The smallest absolute Gasteiger partial charge is 0.102 e. The zero-order valence-corrected chi connectivity index (χ0v) is 9.93. The van der Waals surface area contributed by atoms with Crippen LogP contribution < -0.4 is 0 Å². The lowest BCUT2D eigenvalue weighted by molar-refractivity contribution is 0.504. The van der Waals surface area contributed by atoms with Gasteiger partial charge in [0.05, 0.1) is 0 Å². The fourth-order valence-corrected chi connectivity index (χ4v) is 1.06. The molecule has 0 nitrogen and oxygen atoms in total. The minimum atomic E-state index is -0.673. The molecule has 0 atom stereocenters. The minimum absolute atomic E-state index is 0.673. The van der Waals surface area contributed by atoms with E-state index in [0.29, 0.717) is 0 Å². The van der Waals surface area contributed by atoms with Crippen molar-refractivity contribution in [1.29, 1.82) is 0 Å². The molecule has 1 saturated carbocycles. The summed E-state index contributed by atoms with van der Waals surface area (Å²) in [7, 11) is 0. The summed E-state index contributed by atoms with van der Waals surface area (Å²) in [5.41, 5.74) is 0. The lowest BCUT2D eigenvalue weighted by atomic mass is 10.0. The highest BCUT2D eigenvalue weighted by molar-refractivity contribution is 6.56. The first kappa shape index (κ1) is 13.2. The molecule has 0 amide bonds. The van der Waals surface area contributed by atoms with Crippen LogP contribution in [0.3, 0.4) is 0 Å². The molecule has 12 heavy (non-hydrogen) atoms. The van der Waals surface area contributed by atoms with E-state index in [9.17, 15) is 0 Å². The summed E-state index contributed by atoms with van der Waals surface area (Å²) < 4.78 is 0. The molecule has 1 aliphatic rings. The van der Waals surface area contributed by atoms with Crippen LogP contribution in [0.1, 0.15) is 38.5 Å². The Kier molecular flexibility index (Phi) is 9.59. The van der Waals surface area contributed by atoms with E-state index in [0.717, 1.165) is 0 Å². The molecule has 0 unspecified atom stereocenters. The second-order valence-electron chi connectivity index (χ2n) is 2.79. The Bertz CT molecular complexity index is 71.5. The van der Waals surface area contributed by atoms with Gasteiger partial charge in [-0.25, -0.2) is 0 Å². The first-order valence-electron chi connectivity index (χ1n) is 4.21. The number of hydrogen-bond donors (Lipinski definition) is 0. The molecule has 1 fully saturated rings. The van der Waals surface area contributed by atoms with Gasteiger partial charge in [0.2, 0.25) is 0 Å². The average Bonchev–Trinajstić information content (AvgIpc) is 2.08. The van der Waals surface area contributed by atoms with Gasteiger partial charge in [-0.3, -0.25) is 0 Å². The monoisotopic (exact) mass is 250 g/mol. The van der Waals surface area contributed by atoms with Gasteiger partial charge in [0.15, 0.2) is 0 Å². The third-order valence-electron chi connectivity index (χ3n) is 1.69. The van der Waals surface area contributed by atoms with Gasteiger partial charge < -0.3 is 0 Å². The van der Waals surface area contributed by atoms with Crippen LogP contribution in [-0.2, 0) is 0 Å². The predicted molar refractivity (Wildman–Crippen MR) is 58.7 cm³/mol. The zero-order valence-electron chi connectivity index (χ0n) is 6.91. The summed E-state index contributed by atoms with van der Waals surface area (Å²) in [5, 5.41) is 0. The van der Waals surface area contributed by atoms with E-state index in [1.165, 1.54) is 38.5 Å². The molecule has 0 aromatic carbocycles. The van der Waals surface area contributed by atoms with Gasteiger partial charge in [0.25, 0.3) is 0 Å². The fraction of sp³-hybridized carbons (Fsp3) is 1.00. The molecule has 0 spiro atoms. The second-order valence-corrected chi connectivity index (χ2v) is 5.12. The number of halogens is 4. The summed E-state index contributed by atoms with van der Waals surface area (Å²) in [5.74, 6) is 0. The Hall–Kier alpha value is 1.16. The molecule has 0 heterocycles. The van der Waals surface area contributed by atoms with Crippen LogP contribution in [0.25, 0.3) is 0 Å². The predicted octanol–water partition coefficient (Wildman–Crippen LogP) is 4.93. The molecule has 0 aromatic rings. The van der Waals surface area contributed by atoms with Crippen molar-refractivity contribution in [3.05, 3.63) is 0 Å². The van der Waals surface area contributed by atoms with Crippen molar-refractivity contribution in [2.75, 3.05) is 0 Å². The molecular formula is C8H14Cl4. The molecule has 0 bridgehead atoms. The van der Waals surface area contributed by atoms with E-state index in [1.54, 1.807) is 0 Å². The SMILES string of the molecule is C1CCCCC1.ClC(Cl)C(Cl)Cl. The van der Waals surface area contributed by atoms with E-state index in [2.05, 4.69) is 0 Å². The minimum Gasteiger partial charge on any atom is -0.102 e. The van der Waals surface area contributed by atoms with Crippen molar-refractivity contribution in [1.82, 2.24) is 0 Å². The zero-order chi connectivity index (χ0) is 9.40. The summed E-state index contributed by atoms with van der Waals surface area (Å²) in [4.78, 5) is -1.35. The van der Waals surface area contributed by atoms with Crippen molar-refractivity contribution in [3.8, 4) is 0 Å². The summed E-state index contributed by atoms with van der Waals surface area (Å²) >= 11 is 20.5. The number of hydrogen-bond acceptors (Lipinski definition) is 0. The lowest BCUT2D eigenvalue weighted by Crippen LogP contribution is -1.96. The molecule has 1 rings (SSSR count). The quantitative estimate of drug-likeness (QED) is 0.580. The first-order chi connectivity index (χ1) is 5.64. The van der Waals surface area contributed by atoms with E-state index in [-0.39, 0.29) is 0 Å². The van der Waals surface area contributed by atoms with Crippen molar-refractivity contribution >= 4 is 46.4 Å². The lowest BCUT2D eigenvalue weighted by Gasteiger charge is -2.05. The Morgan fingerprint density at radius 2 is 0.667 bits per heavy atom. The van der Waals surface area contributed by atoms with Gasteiger partial charge in [-0.2, -0.15) is 0 Å². The van der Waals surface area contributed by atoms with E-state index < -0.39 is 9.67 Å². The Balaban J connectivity index is 0.000000202. The van der Waals surface area contributed by atoms with Crippen LogP contribution in [0.4, 0.5) is 0 Å². The molecule has 0 aliphatic heterocycles. The van der Waals surface area contributed by atoms with Crippen LogP contribution in [0.15, 0.2) is 0 Å². The third kappa shape index (κ3) is 9.25. The maximum absolute atomic E-state index is 5.11. The van der Waals surface area contributed by atoms with E-state index in [1.807, 2.05) is 0 Å². The molecule has 74 valence electrons. The van der Waals surface area contributed by atoms with Crippen LogP contribution in [0.5, 0.6) is 0 Å². The van der Waals surface area contributed by atoms with Gasteiger partial charge >= 0.3 is 0 Å². The Morgan fingerprint density at radius 1 is 0.500 bits per heavy atom. The van der Waals surface area contributed by atoms with Crippen molar-refractivity contribution < 1.29 is 0 Å². The van der Waals surface area contributed by atoms with Crippen LogP contribution >= 0.6 is 46.4 Å². The first-order valence-corrected chi connectivity index (χ1v) is 5.95. The van der Waals surface area contributed by atoms with Gasteiger partial charge in [0.1, 0.15) is 9.67 Å². The molecular weight excluding hydrogens is 238 g/mol. The van der Waals surface area contributed by atoms with Gasteiger partial charge in [-0.05, 0) is 0 Å². The van der Waals surface area contributed by atoms with Crippen LogP contribution in [0.2, 0.25) is 0 Å². The maximum atomic E-state index is 5.11. The topological polar surface area (TPSA) is 0 Å². The van der Waals surface area contributed by atoms with Crippen LogP contribution in [0, 0.1) is 0 Å². The highest BCUT2D eigenvalue weighted by Gasteiger charge is 2.06. The van der Waals surface area contributed by atoms with Gasteiger partial charge in [0, 0.05) is 0 Å². The third-order valence-corrected chi connectivity index (χ3v) is 3.21. The standard InChI is InChI=1S/C6H12.C2H2Cl4/c1-2-4-6-5-3-1;3-1(4)2(5)6/h1-6H2;1-2H. The summed E-state index contributed by atoms with van der Waals surface area (Å²) in [6.45, 7) is 0. The summed E-state index contributed by atoms with van der Waals surface area (Å²) in [6, 6.07) is 0. The molecule has 0 radical (unpaired) electrons. The largest absolute Gasteiger partial charge is 0.137 e. The second kappa shape index (κ2) is 8.74. The fourth-order valence-electron chi connectivity index (χ4n) is 1.06. The highest BCUT2D eigenvalue weighted by Crippen LogP contribution is 2.16. The normalized spacial score (nSPS) is 17.5. The molecule has 4 heteroatoms. The molecule has 1 aliphatic carbocycles. The Labute approximate surface area is 94.5 Å². The van der Waals surface area contributed by atoms with Crippen molar-refractivity contribution in [2.45, 2.75) is 48.2 Å². The summed E-state index contributed by atoms with van der Waals surface area (Å²) in [6.07, 6.45) is 9.00. The number of alkyl halides is 4. The van der Waals surface area contributed by atoms with Gasteiger partial charge in [-0.15, -0.1) is 46.4 Å². The van der Waals surface area contributed by atoms with Crippen LogP contribution in [-0.4, -0.2) is 9.67 Å². The molecule has 0 aromatic heterocycles.